The molecule has 22 heavy (non-hydrogen) atoms. The number of aliphatic hydroxyl groups is 1. The van der Waals surface area contributed by atoms with E-state index < -0.39 is 5.60 Å². The van der Waals surface area contributed by atoms with Crippen molar-refractivity contribution >= 4 is 33.6 Å². The zero-order valence-electron chi connectivity index (χ0n) is 11.5. The highest BCUT2D eigenvalue weighted by molar-refractivity contribution is 7.14. The van der Waals surface area contributed by atoms with Crippen LogP contribution in [0.25, 0.3) is 0 Å². The molecule has 1 N–H and O–H groups in total. The molecule has 1 fully saturated rings. The first-order valence-electron chi connectivity index (χ1n) is 6.85. The molecule has 6 heteroatoms. The maximum atomic E-state index is 12.6. The van der Waals surface area contributed by atoms with Crippen molar-refractivity contribution in [2.45, 2.75) is 12.0 Å². The van der Waals surface area contributed by atoms with Gasteiger partial charge in [-0.25, -0.2) is 4.99 Å². The second kappa shape index (κ2) is 4.50. The summed E-state index contributed by atoms with van der Waals surface area (Å²) in [7, 11) is 0. The number of amidine groups is 1. The van der Waals surface area contributed by atoms with Gasteiger partial charge in [0.25, 0.3) is 0 Å². The van der Waals surface area contributed by atoms with Crippen molar-refractivity contribution in [3.63, 3.8) is 0 Å². The lowest BCUT2D eigenvalue weighted by atomic mass is 9.90. The van der Waals surface area contributed by atoms with Crippen LogP contribution in [0.2, 0.25) is 0 Å². The van der Waals surface area contributed by atoms with Crippen LogP contribution >= 0.6 is 11.3 Å². The summed E-state index contributed by atoms with van der Waals surface area (Å²) < 4.78 is 0. The molecule has 1 atom stereocenters. The number of anilines is 1. The first kappa shape index (κ1) is 13.2. The van der Waals surface area contributed by atoms with Crippen LogP contribution in [0.1, 0.15) is 22.3 Å². The van der Waals surface area contributed by atoms with Crippen molar-refractivity contribution in [3.05, 3.63) is 46.8 Å². The first-order chi connectivity index (χ1) is 10.6. The van der Waals surface area contributed by atoms with Gasteiger partial charge in [-0.15, -0.1) is 11.3 Å². The average molecular weight is 309 g/mol. The highest BCUT2D eigenvalue weighted by atomic mass is 32.1. The van der Waals surface area contributed by atoms with E-state index in [1.165, 1.54) is 11.3 Å². The largest absolute Gasteiger partial charge is 0.374 e. The molecule has 1 aromatic heterocycles. The lowest BCUT2D eigenvalue weighted by Crippen LogP contribution is -2.48. The molecule has 0 bridgehead atoms. The van der Waals surface area contributed by atoms with Gasteiger partial charge in [0, 0.05) is 18.7 Å². The number of carbonyl (C=O) groups is 1. The Balaban J connectivity index is 1.81. The summed E-state index contributed by atoms with van der Waals surface area (Å²) in [6.45, 7) is 0.516. The first-order valence-corrected chi connectivity index (χ1v) is 7.73. The summed E-state index contributed by atoms with van der Waals surface area (Å²) in [5.41, 5.74) is 0.349. The normalized spacial score (nSPS) is 22.8. The quantitative estimate of drug-likeness (QED) is 0.878. The minimum atomic E-state index is -1.54. The van der Waals surface area contributed by atoms with Crippen molar-refractivity contribution < 1.29 is 9.90 Å². The number of ketones is 1. The number of fused-ring (bicyclic) bond motifs is 2. The third-order valence-corrected chi connectivity index (χ3v) is 4.91. The Morgan fingerprint density at radius 2 is 2.09 bits per heavy atom. The summed E-state index contributed by atoms with van der Waals surface area (Å²) >= 11 is 1.39. The molecule has 0 radical (unpaired) electrons. The Morgan fingerprint density at radius 3 is 2.82 bits per heavy atom. The fourth-order valence-corrected chi connectivity index (χ4v) is 3.69. The molecule has 5 nitrogen and oxygen atoms in total. The number of benzene rings is 1. The molecule has 2 aromatic rings. The number of Topliss-reactive ketones (excluding diaryl/α,β-unsaturated/α-hetero) is 1. The maximum absolute atomic E-state index is 12.6. The van der Waals surface area contributed by atoms with Crippen LogP contribution in [0.5, 0.6) is 0 Å². The van der Waals surface area contributed by atoms with Crippen LogP contribution in [0.4, 0.5) is 10.7 Å². The Bertz CT molecular complexity index is 847. The molecular formula is C16H11N3O2S. The summed E-state index contributed by atoms with van der Waals surface area (Å²) in [5, 5.41) is 22.1. The molecule has 3 heterocycles. The summed E-state index contributed by atoms with van der Waals surface area (Å²) in [5.74, 6) is 0.113. The van der Waals surface area contributed by atoms with Crippen molar-refractivity contribution in [2.24, 2.45) is 4.99 Å². The van der Waals surface area contributed by atoms with Crippen molar-refractivity contribution in [2.75, 3.05) is 11.4 Å². The predicted molar refractivity (Wildman–Crippen MR) is 83.8 cm³/mol. The molecule has 2 aliphatic heterocycles. The molecule has 0 aliphatic carbocycles. The zero-order chi connectivity index (χ0) is 15.3. The van der Waals surface area contributed by atoms with Crippen LogP contribution in [0.15, 0.2) is 40.7 Å². The lowest BCUT2D eigenvalue weighted by Gasteiger charge is -2.28. The topological polar surface area (TPSA) is 76.7 Å². The summed E-state index contributed by atoms with van der Waals surface area (Å²) in [6, 6.07) is 10.8. The van der Waals surface area contributed by atoms with E-state index in [2.05, 4.69) is 11.1 Å². The molecule has 108 valence electrons. The van der Waals surface area contributed by atoms with E-state index in [4.69, 9.17) is 5.26 Å². The van der Waals surface area contributed by atoms with Crippen LogP contribution in [-0.2, 0) is 0 Å². The molecule has 0 spiro atoms. The monoisotopic (exact) mass is 309 g/mol. The molecule has 1 saturated heterocycles. The van der Waals surface area contributed by atoms with E-state index in [1.54, 1.807) is 30.3 Å². The number of hydrogen-bond donors (Lipinski definition) is 1. The smallest absolute Gasteiger partial charge is 0.205 e. The second-order valence-corrected chi connectivity index (χ2v) is 6.22. The summed E-state index contributed by atoms with van der Waals surface area (Å²) in [4.78, 5) is 18.9. The van der Waals surface area contributed by atoms with Crippen LogP contribution < -0.4 is 4.90 Å². The molecule has 4 rings (SSSR count). The number of nitrogens with zero attached hydrogens (tertiary/aromatic N) is 3. The van der Waals surface area contributed by atoms with E-state index in [9.17, 15) is 9.90 Å². The van der Waals surface area contributed by atoms with Gasteiger partial charge in [0.1, 0.15) is 5.00 Å². The maximum Gasteiger partial charge on any atom is 0.205 e. The van der Waals surface area contributed by atoms with E-state index in [1.807, 2.05) is 10.3 Å². The van der Waals surface area contributed by atoms with Gasteiger partial charge in [0.15, 0.2) is 11.4 Å². The van der Waals surface area contributed by atoms with Gasteiger partial charge in [-0.3, -0.25) is 4.79 Å². The molecule has 0 unspecified atom stereocenters. The number of thiophene rings is 1. The Kier molecular flexibility index (Phi) is 2.70. The standard InChI is InChI=1S/C16H11N3O2S/c17-9-10-1-3-11(4-2-10)19-7-6-16(21)13(20)12-5-8-22-14(12)18-15(16)19/h1-5,8,21H,6-7H2/t16-/m1/s1. The number of carbonyl (C=O) groups excluding carboxylic acids is 1. The number of aliphatic imine (C=N–C) groups is 1. The van der Waals surface area contributed by atoms with E-state index in [0.717, 1.165) is 5.69 Å². The number of nitriles is 1. The molecule has 0 saturated carbocycles. The van der Waals surface area contributed by atoms with Gasteiger partial charge >= 0.3 is 0 Å². The second-order valence-electron chi connectivity index (χ2n) is 5.32. The average Bonchev–Trinajstić information content (AvgIpc) is 3.14. The Labute approximate surface area is 130 Å². The number of rotatable bonds is 1. The van der Waals surface area contributed by atoms with Gasteiger partial charge in [0.05, 0.1) is 17.2 Å². The van der Waals surface area contributed by atoms with Crippen LogP contribution in [-0.4, -0.2) is 28.9 Å². The molecule has 2 aliphatic rings. The van der Waals surface area contributed by atoms with Crippen molar-refractivity contribution in [3.8, 4) is 6.07 Å². The van der Waals surface area contributed by atoms with Crippen molar-refractivity contribution in [1.82, 2.24) is 0 Å². The van der Waals surface area contributed by atoms with Gasteiger partial charge in [-0.2, -0.15) is 5.26 Å². The van der Waals surface area contributed by atoms with Crippen molar-refractivity contribution in [1.29, 1.82) is 5.26 Å². The lowest BCUT2D eigenvalue weighted by molar-refractivity contribution is 0.0603. The van der Waals surface area contributed by atoms with Crippen LogP contribution in [0.3, 0.4) is 0 Å². The van der Waals surface area contributed by atoms with E-state index >= 15 is 0 Å². The molecule has 1 aromatic carbocycles. The van der Waals surface area contributed by atoms with Gasteiger partial charge in [-0.1, -0.05) is 0 Å². The minimum absolute atomic E-state index is 0.273. The predicted octanol–water partition coefficient (Wildman–Crippen LogP) is 2.49. The highest BCUT2D eigenvalue weighted by Gasteiger charge is 2.52. The fraction of sp³-hybridized carbons (Fsp3) is 0.188. The van der Waals surface area contributed by atoms with Gasteiger partial charge in [0.2, 0.25) is 5.78 Å². The van der Waals surface area contributed by atoms with Gasteiger partial charge in [-0.05, 0) is 35.7 Å². The fourth-order valence-electron chi connectivity index (χ4n) is 2.93. The number of hydrogen-bond acceptors (Lipinski definition) is 6. The molecular weight excluding hydrogens is 298 g/mol. The van der Waals surface area contributed by atoms with Crippen LogP contribution in [0, 0.1) is 11.3 Å². The zero-order valence-corrected chi connectivity index (χ0v) is 12.3. The molecule has 0 amide bonds. The SMILES string of the molecule is N#Cc1ccc(N2CC[C@@]3(O)C(=O)c4ccsc4N=C23)cc1. The third-order valence-electron chi connectivity index (χ3n) is 4.10. The Morgan fingerprint density at radius 1 is 1.32 bits per heavy atom. The summed E-state index contributed by atoms with van der Waals surface area (Å²) in [6.07, 6.45) is 0.319. The minimum Gasteiger partial charge on any atom is -0.374 e. The van der Waals surface area contributed by atoms with E-state index in [-0.39, 0.29) is 5.78 Å². The highest BCUT2D eigenvalue weighted by Crippen LogP contribution is 2.41. The van der Waals surface area contributed by atoms with E-state index in [0.29, 0.717) is 34.9 Å². The third kappa shape index (κ3) is 1.67. The van der Waals surface area contributed by atoms with Gasteiger partial charge < -0.3 is 10.0 Å². The Hall–Kier alpha value is -2.49.